The van der Waals surface area contributed by atoms with Gasteiger partial charge in [-0.1, -0.05) is 0 Å². The summed E-state index contributed by atoms with van der Waals surface area (Å²) < 4.78 is 13.9. The Hall–Kier alpha value is -0.341. The zero-order valence-corrected chi connectivity index (χ0v) is 21.5. The minimum atomic E-state index is -3.71. The second kappa shape index (κ2) is 13.1. The van der Waals surface area contributed by atoms with Crippen LogP contribution in [0.5, 0.6) is 0 Å². The Labute approximate surface area is 182 Å². The van der Waals surface area contributed by atoms with Crippen LogP contribution in [-0.2, 0) is 15.7 Å². The molecule has 4 nitrogen and oxygen atoms in total. The molecule has 7 heteroatoms. The van der Waals surface area contributed by atoms with Gasteiger partial charge in [0.25, 0.3) is 0 Å². The van der Waals surface area contributed by atoms with E-state index in [2.05, 4.69) is 26.0 Å². The SMILES string of the molecule is CCC[CH2][Sn]1([CH2]CCC)[O]C(=O)CCSC(c2ccccc2)SCCC(=O)[O]1. The maximum absolute atomic E-state index is 12.6. The van der Waals surface area contributed by atoms with Crippen LogP contribution >= 0.6 is 23.5 Å². The van der Waals surface area contributed by atoms with E-state index in [1.807, 2.05) is 18.2 Å². The summed E-state index contributed by atoms with van der Waals surface area (Å²) in [5.74, 6) is 1.09. The Morgan fingerprint density at radius 2 is 1.39 bits per heavy atom. The van der Waals surface area contributed by atoms with Gasteiger partial charge in [0.15, 0.2) is 0 Å². The molecule has 0 atom stereocenters. The van der Waals surface area contributed by atoms with Gasteiger partial charge in [-0.15, -0.1) is 0 Å². The van der Waals surface area contributed by atoms with Gasteiger partial charge in [0.2, 0.25) is 0 Å². The first-order chi connectivity index (χ1) is 13.6. The molecule has 0 radical (unpaired) electrons. The normalized spacial score (nSPS) is 19.2. The van der Waals surface area contributed by atoms with E-state index in [0.717, 1.165) is 46.1 Å². The predicted octanol–water partition coefficient (Wildman–Crippen LogP) is 6.07. The maximum atomic E-state index is 12.6. The second-order valence-corrected chi connectivity index (χ2v) is 19.0. The fraction of sp³-hybridized carbons (Fsp3) is 0.619. The number of carbonyl (C=O) groups is 2. The zero-order chi connectivity index (χ0) is 20.2. The van der Waals surface area contributed by atoms with E-state index in [4.69, 9.17) is 6.15 Å². The fourth-order valence-electron chi connectivity index (χ4n) is 3.11. The number of rotatable bonds is 7. The minimum absolute atomic E-state index is 0.180. The van der Waals surface area contributed by atoms with Gasteiger partial charge in [0, 0.05) is 0 Å². The van der Waals surface area contributed by atoms with Crippen molar-refractivity contribution in [2.75, 3.05) is 11.5 Å². The van der Waals surface area contributed by atoms with Crippen molar-refractivity contribution in [1.82, 2.24) is 0 Å². The molecule has 0 unspecified atom stereocenters. The third-order valence-electron chi connectivity index (χ3n) is 4.64. The molecule has 1 saturated heterocycles. The van der Waals surface area contributed by atoms with E-state index in [1.54, 1.807) is 23.5 Å². The molecule has 1 aromatic rings. The first-order valence-electron chi connectivity index (χ1n) is 10.3. The molecule has 1 fully saturated rings. The molecule has 1 heterocycles. The van der Waals surface area contributed by atoms with E-state index >= 15 is 0 Å². The molecule has 28 heavy (non-hydrogen) atoms. The summed E-state index contributed by atoms with van der Waals surface area (Å²) in [5, 5.41) is 0. The summed E-state index contributed by atoms with van der Waals surface area (Å²) in [6.07, 6.45) is 4.71. The van der Waals surface area contributed by atoms with Gasteiger partial charge in [0.05, 0.1) is 0 Å². The molecule has 0 amide bonds. The molecule has 0 aromatic heterocycles. The first kappa shape index (κ1) is 23.9. The third-order valence-corrected chi connectivity index (χ3v) is 17.3. The van der Waals surface area contributed by atoms with Crippen molar-refractivity contribution in [2.24, 2.45) is 0 Å². The standard InChI is InChI=1S/C13H16O4S2.2C4H9.Sn/c14-11(15)6-8-18-13(19-9-7-12(16)17)10-4-2-1-3-5-10;2*1-3-4-2;/h1-5,13H,6-9H2,(H,14,15)(H,16,17);2*1,3-4H2,2H3;/q;;;+2/p-2. The summed E-state index contributed by atoms with van der Waals surface area (Å²) in [4.78, 5) is 25.2. The van der Waals surface area contributed by atoms with Crippen molar-refractivity contribution in [3.05, 3.63) is 35.9 Å². The van der Waals surface area contributed by atoms with Gasteiger partial charge in [-0.25, -0.2) is 0 Å². The van der Waals surface area contributed by atoms with Crippen molar-refractivity contribution >= 4 is 54.7 Å². The van der Waals surface area contributed by atoms with Crippen molar-refractivity contribution < 1.29 is 15.7 Å². The number of thioether (sulfide) groups is 2. The van der Waals surface area contributed by atoms with Gasteiger partial charge < -0.3 is 0 Å². The van der Waals surface area contributed by atoms with Gasteiger partial charge in [-0.2, -0.15) is 0 Å². The summed E-state index contributed by atoms with van der Waals surface area (Å²) in [7, 11) is 0. The molecule has 156 valence electrons. The molecular formula is C21H32O4S2Sn. The topological polar surface area (TPSA) is 52.6 Å². The average Bonchev–Trinajstić information content (AvgIpc) is 2.69. The number of hydrogen-bond acceptors (Lipinski definition) is 6. The van der Waals surface area contributed by atoms with Crippen LogP contribution in [0.3, 0.4) is 0 Å². The molecule has 0 spiro atoms. The second-order valence-electron chi connectivity index (χ2n) is 7.05. The van der Waals surface area contributed by atoms with E-state index in [-0.39, 0.29) is 16.5 Å². The number of benzene rings is 1. The molecule has 1 aliphatic rings. The van der Waals surface area contributed by atoms with Gasteiger partial charge in [-0.3, -0.25) is 0 Å². The molecule has 1 aromatic carbocycles. The van der Waals surface area contributed by atoms with E-state index in [9.17, 15) is 9.59 Å². The Morgan fingerprint density at radius 1 is 0.893 bits per heavy atom. The first-order valence-corrected chi connectivity index (χ1v) is 18.8. The molecule has 1 aliphatic heterocycles. The fourth-order valence-corrected chi connectivity index (χ4v) is 15.8. The number of carbonyl (C=O) groups excluding carboxylic acids is 2. The molecule has 0 bridgehead atoms. The van der Waals surface area contributed by atoms with Crippen LogP contribution in [0.15, 0.2) is 30.3 Å². The van der Waals surface area contributed by atoms with Crippen molar-refractivity contribution in [1.29, 1.82) is 0 Å². The monoisotopic (exact) mass is 532 g/mol. The number of unbranched alkanes of at least 4 members (excludes halogenated alkanes) is 2. The van der Waals surface area contributed by atoms with E-state index in [0.29, 0.717) is 12.8 Å². The predicted molar refractivity (Wildman–Crippen MR) is 121 cm³/mol. The molecule has 0 N–H and O–H groups in total. The molecule has 0 aliphatic carbocycles. The summed E-state index contributed by atoms with van der Waals surface area (Å²) in [5.41, 5.74) is 1.22. The van der Waals surface area contributed by atoms with Crippen LogP contribution in [0.1, 0.15) is 62.5 Å². The molecular weight excluding hydrogens is 499 g/mol. The van der Waals surface area contributed by atoms with Crippen LogP contribution in [0.2, 0.25) is 8.87 Å². The quantitative estimate of drug-likeness (QED) is 0.398. The Balaban J connectivity index is 2.11. The van der Waals surface area contributed by atoms with Crippen LogP contribution < -0.4 is 0 Å². The van der Waals surface area contributed by atoms with Crippen LogP contribution in [0.25, 0.3) is 0 Å². The van der Waals surface area contributed by atoms with E-state index < -0.39 is 19.2 Å². The summed E-state index contributed by atoms with van der Waals surface area (Å²) in [6, 6.07) is 10.3. The number of hydrogen-bond donors (Lipinski definition) is 0. The zero-order valence-electron chi connectivity index (χ0n) is 17.0. The van der Waals surface area contributed by atoms with Gasteiger partial charge in [0.1, 0.15) is 0 Å². The van der Waals surface area contributed by atoms with Crippen LogP contribution in [-0.4, -0.2) is 42.6 Å². The third kappa shape index (κ3) is 8.19. The summed E-state index contributed by atoms with van der Waals surface area (Å²) in [6.45, 7) is 4.24. The molecule has 0 saturated carbocycles. The Morgan fingerprint density at radius 3 is 1.86 bits per heavy atom. The van der Waals surface area contributed by atoms with Crippen LogP contribution in [0, 0.1) is 0 Å². The van der Waals surface area contributed by atoms with Crippen molar-refractivity contribution in [3.63, 3.8) is 0 Å². The summed E-state index contributed by atoms with van der Waals surface area (Å²) >= 11 is -0.187. The van der Waals surface area contributed by atoms with Gasteiger partial charge in [-0.05, 0) is 0 Å². The van der Waals surface area contributed by atoms with Crippen molar-refractivity contribution in [2.45, 2.75) is 65.8 Å². The van der Waals surface area contributed by atoms with Crippen LogP contribution in [0.4, 0.5) is 0 Å². The van der Waals surface area contributed by atoms with Crippen molar-refractivity contribution in [3.8, 4) is 0 Å². The Kier molecular flexibility index (Phi) is 11.2. The van der Waals surface area contributed by atoms with E-state index in [1.165, 1.54) is 5.56 Å². The van der Waals surface area contributed by atoms with Gasteiger partial charge >= 0.3 is 184 Å². The average molecular weight is 531 g/mol. The Bertz CT molecular complexity index is 578. The molecule has 2 rings (SSSR count).